The van der Waals surface area contributed by atoms with Gasteiger partial charge in [0.2, 0.25) is 0 Å². The molecular weight excluding hydrogens is 241 g/mol. The summed E-state index contributed by atoms with van der Waals surface area (Å²) in [6, 6.07) is 6.63. The molecule has 19 heavy (non-hydrogen) atoms. The maximum atomic E-state index is 13.5. The summed E-state index contributed by atoms with van der Waals surface area (Å²) in [5.41, 5.74) is 7.12. The number of benzene rings is 1. The lowest BCUT2D eigenvalue weighted by atomic mass is 9.87. The minimum absolute atomic E-state index is 0.0542. The molecule has 0 amide bonds. The Morgan fingerprint density at radius 1 is 1.32 bits per heavy atom. The van der Waals surface area contributed by atoms with Gasteiger partial charge in [0, 0.05) is 5.69 Å². The van der Waals surface area contributed by atoms with Crippen LogP contribution in [0.25, 0.3) is 0 Å². The second-order valence-electron chi connectivity index (χ2n) is 6.56. The quantitative estimate of drug-likeness (QED) is 0.844. The summed E-state index contributed by atoms with van der Waals surface area (Å²) < 4.78 is 13.5. The molecule has 1 atom stereocenters. The molecule has 1 fully saturated rings. The summed E-state index contributed by atoms with van der Waals surface area (Å²) in [7, 11) is 0. The molecule has 102 valence electrons. The van der Waals surface area contributed by atoms with E-state index in [2.05, 4.69) is 18.8 Å². The Balaban J connectivity index is 2.00. The molecule has 1 aliphatic carbocycles. The van der Waals surface area contributed by atoms with E-state index in [9.17, 15) is 4.39 Å². The first-order valence-electron chi connectivity index (χ1n) is 6.78. The number of guanidine groups is 1. The largest absolute Gasteiger partial charge is 0.369 e. The molecule has 1 aromatic rings. The minimum Gasteiger partial charge on any atom is -0.369 e. The normalized spacial score (nSPS) is 29.0. The van der Waals surface area contributed by atoms with Gasteiger partial charge >= 0.3 is 0 Å². The fourth-order valence-electron chi connectivity index (χ4n) is 3.60. The van der Waals surface area contributed by atoms with Gasteiger partial charge < -0.3 is 10.6 Å². The molecule has 4 heteroatoms. The zero-order chi connectivity index (χ0) is 13.7. The molecule has 3 rings (SSSR count). The summed E-state index contributed by atoms with van der Waals surface area (Å²) in [6.45, 7) is 5.28. The summed E-state index contributed by atoms with van der Waals surface area (Å²) in [5, 5.41) is 0. The van der Waals surface area contributed by atoms with Gasteiger partial charge in [-0.3, -0.25) is 4.99 Å². The highest BCUT2D eigenvalue weighted by Gasteiger charge is 2.50. The molecule has 1 saturated carbocycles. The van der Waals surface area contributed by atoms with Crippen molar-refractivity contribution in [3.8, 4) is 0 Å². The zero-order valence-corrected chi connectivity index (χ0v) is 11.5. The molecule has 0 radical (unpaired) electrons. The molecule has 2 aliphatic rings. The van der Waals surface area contributed by atoms with Gasteiger partial charge in [0.25, 0.3) is 0 Å². The Hall–Kier alpha value is -1.58. The number of hydrogen-bond donors (Lipinski definition) is 1. The topological polar surface area (TPSA) is 41.6 Å². The van der Waals surface area contributed by atoms with E-state index >= 15 is 0 Å². The van der Waals surface area contributed by atoms with Gasteiger partial charge in [0.05, 0.1) is 12.1 Å². The minimum atomic E-state index is -0.232. The van der Waals surface area contributed by atoms with Crippen molar-refractivity contribution in [2.75, 3.05) is 11.4 Å². The lowest BCUT2D eigenvalue weighted by molar-refractivity contribution is 0.346. The highest BCUT2D eigenvalue weighted by molar-refractivity contribution is 5.98. The van der Waals surface area contributed by atoms with Crippen molar-refractivity contribution < 1.29 is 4.39 Å². The Labute approximate surface area is 113 Å². The third kappa shape index (κ3) is 1.99. The number of anilines is 1. The molecule has 1 spiro atoms. The van der Waals surface area contributed by atoms with Crippen LogP contribution in [-0.4, -0.2) is 18.0 Å². The van der Waals surface area contributed by atoms with E-state index < -0.39 is 0 Å². The predicted octanol–water partition coefficient (Wildman–Crippen LogP) is 2.91. The zero-order valence-electron chi connectivity index (χ0n) is 11.5. The number of aliphatic imine (C=N–C) groups is 1. The number of hydrogen-bond acceptors (Lipinski definition) is 3. The number of nitrogens with zero attached hydrogens (tertiary/aromatic N) is 2. The van der Waals surface area contributed by atoms with Gasteiger partial charge in [-0.1, -0.05) is 19.9 Å². The monoisotopic (exact) mass is 261 g/mol. The molecule has 1 aliphatic heterocycles. The van der Waals surface area contributed by atoms with Crippen molar-refractivity contribution >= 4 is 11.6 Å². The Bertz CT molecular complexity index is 538. The maximum absolute atomic E-state index is 13.5. The molecular formula is C15H20FN3. The van der Waals surface area contributed by atoms with Crippen molar-refractivity contribution in [3.05, 3.63) is 30.1 Å². The average molecular weight is 261 g/mol. The van der Waals surface area contributed by atoms with E-state index in [1.165, 1.54) is 6.07 Å². The number of nitrogens with two attached hydrogens (primary N) is 1. The van der Waals surface area contributed by atoms with Crippen molar-refractivity contribution in [2.45, 2.75) is 38.6 Å². The summed E-state index contributed by atoms with van der Waals surface area (Å²) in [5.74, 6) is 0.285. The summed E-state index contributed by atoms with van der Waals surface area (Å²) in [4.78, 5) is 6.47. The molecule has 2 N–H and O–H groups in total. The van der Waals surface area contributed by atoms with Crippen LogP contribution in [0.15, 0.2) is 29.3 Å². The number of halogens is 1. The second kappa shape index (κ2) is 3.95. The molecule has 1 aromatic carbocycles. The van der Waals surface area contributed by atoms with E-state index in [-0.39, 0.29) is 11.4 Å². The van der Waals surface area contributed by atoms with E-state index in [0.29, 0.717) is 11.4 Å². The van der Waals surface area contributed by atoms with Crippen LogP contribution in [0.5, 0.6) is 0 Å². The van der Waals surface area contributed by atoms with E-state index in [1.54, 1.807) is 12.1 Å². The fraction of sp³-hybridized carbons (Fsp3) is 0.533. The lowest BCUT2D eigenvalue weighted by Crippen LogP contribution is -2.50. The van der Waals surface area contributed by atoms with Crippen LogP contribution >= 0.6 is 0 Å². The SMILES string of the molecule is CC1(C)CCC2(CN=C(N)N2c2cccc(F)c2)C1. The summed E-state index contributed by atoms with van der Waals surface area (Å²) >= 11 is 0. The molecule has 0 saturated heterocycles. The smallest absolute Gasteiger partial charge is 0.196 e. The van der Waals surface area contributed by atoms with Crippen LogP contribution in [0.2, 0.25) is 0 Å². The van der Waals surface area contributed by atoms with Crippen molar-refractivity contribution in [2.24, 2.45) is 16.1 Å². The van der Waals surface area contributed by atoms with Gasteiger partial charge in [-0.05, 0) is 42.9 Å². The Morgan fingerprint density at radius 2 is 2.11 bits per heavy atom. The third-order valence-corrected chi connectivity index (χ3v) is 4.38. The number of rotatable bonds is 1. The van der Waals surface area contributed by atoms with Crippen LogP contribution in [0.3, 0.4) is 0 Å². The van der Waals surface area contributed by atoms with Crippen molar-refractivity contribution in [1.29, 1.82) is 0 Å². The van der Waals surface area contributed by atoms with Crippen LogP contribution in [0, 0.1) is 11.2 Å². The summed E-state index contributed by atoms with van der Waals surface area (Å²) in [6.07, 6.45) is 3.25. The highest BCUT2D eigenvalue weighted by Crippen LogP contribution is 2.49. The molecule has 0 bridgehead atoms. The van der Waals surface area contributed by atoms with Crippen LogP contribution in [0.1, 0.15) is 33.1 Å². The van der Waals surface area contributed by atoms with Crippen molar-refractivity contribution in [3.63, 3.8) is 0 Å². The molecule has 3 nitrogen and oxygen atoms in total. The second-order valence-corrected chi connectivity index (χ2v) is 6.56. The van der Waals surface area contributed by atoms with E-state index in [1.807, 2.05) is 11.0 Å². The lowest BCUT2D eigenvalue weighted by Gasteiger charge is -2.37. The Morgan fingerprint density at radius 3 is 2.74 bits per heavy atom. The van der Waals surface area contributed by atoms with Gasteiger partial charge in [-0.2, -0.15) is 0 Å². The predicted molar refractivity (Wildman–Crippen MR) is 75.7 cm³/mol. The molecule has 1 unspecified atom stereocenters. The molecule has 0 aromatic heterocycles. The first-order chi connectivity index (χ1) is 8.92. The molecule has 1 heterocycles. The van der Waals surface area contributed by atoms with Gasteiger partial charge in [0.1, 0.15) is 5.82 Å². The maximum Gasteiger partial charge on any atom is 0.196 e. The van der Waals surface area contributed by atoms with E-state index in [4.69, 9.17) is 5.73 Å². The van der Waals surface area contributed by atoms with Gasteiger partial charge in [0.15, 0.2) is 5.96 Å². The van der Waals surface area contributed by atoms with Crippen LogP contribution < -0.4 is 10.6 Å². The standard InChI is InChI=1S/C15H20FN3/c1-14(2)6-7-15(9-14)10-18-13(17)19(15)12-5-3-4-11(16)8-12/h3-5,8H,6-7,9-10H2,1-2H3,(H2,17,18). The Kier molecular flexibility index (Phi) is 2.59. The first-order valence-corrected chi connectivity index (χ1v) is 6.78. The first kappa shape index (κ1) is 12.5. The van der Waals surface area contributed by atoms with Gasteiger partial charge in [-0.15, -0.1) is 0 Å². The highest BCUT2D eigenvalue weighted by atomic mass is 19.1. The van der Waals surface area contributed by atoms with Crippen molar-refractivity contribution in [1.82, 2.24) is 0 Å². The average Bonchev–Trinajstić information content (AvgIpc) is 2.80. The van der Waals surface area contributed by atoms with Crippen LogP contribution in [-0.2, 0) is 0 Å². The van der Waals surface area contributed by atoms with Crippen LogP contribution in [0.4, 0.5) is 10.1 Å². The van der Waals surface area contributed by atoms with E-state index in [0.717, 1.165) is 31.5 Å². The van der Waals surface area contributed by atoms with Gasteiger partial charge in [-0.25, -0.2) is 4.39 Å². The third-order valence-electron chi connectivity index (χ3n) is 4.38. The fourth-order valence-corrected chi connectivity index (χ4v) is 3.60.